The Morgan fingerprint density at radius 2 is 1.00 bits per heavy atom. The topological polar surface area (TPSA) is 38.2 Å². The fourth-order valence-electron chi connectivity index (χ4n) is 2.65. The SMILES string of the molecule is C[C@H](N[N-]NC(c1ccccc1)c1ccccc1)c1ccccc1.[Li+]. The molecule has 1 atom stereocenters. The molecule has 3 nitrogen and oxygen atoms in total. The zero-order valence-corrected chi connectivity index (χ0v) is 14.8. The van der Waals surface area contributed by atoms with Crippen molar-refractivity contribution in [2.75, 3.05) is 0 Å². The average molecular weight is 323 g/mol. The van der Waals surface area contributed by atoms with Gasteiger partial charge in [-0.05, 0) is 23.6 Å². The molecule has 0 amide bonds. The summed E-state index contributed by atoms with van der Waals surface area (Å²) in [5.74, 6) is 0. The maximum Gasteiger partial charge on any atom is 1.00 e. The second-order valence-electron chi connectivity index (χ2n) is 5.76. The third-order valence-corrected chi connectivity index (χ3v) is 4.02. The molecule has 0 saturated heterocycles. The van der Waals surface area contributed by atoms with Crippen molar-refractivity contribution in [2.24, 2.45) is 0 Å². The van der Waals surface area contributed by atoms with Gasteiger partial charge in [0.25, 0.3) is 0 Å². The van der Waals surface area contributed by atoms with Gasteiger partial charge in [-0.25, -0.2) is 0 Å². The zero-order valence-electron chi connectivity index (χ0n) is 14.8. The van der Waals surface area contributed by atoms with Crippen LogP contribution in [0.25, 0.3) is 5.53 Å². The van der Waals surface area contributed by atoms with E-state index in [0.29, 0.717) is 0 Å². The molecule has 25 heavy (non-hydrogen) atoms. The largest absolute Gasteiger partial charge is 1.00 e. The van der Waals surface area contributed by atoms with Crippen LogP contribution < -0.4 is 29.7 Å². The minimum absolute atomic E-state index is 0. The van der Waals surface area contributed by atoms with Crippen LogP contribution in [-0.4, -0.2) is 0 Å². The van der Waals surface area contributed by atoms with E-state index in [1.54, 1.807) is 0 Å². The Bertz CT molecular complexity index is 680. The molecular weight excluding hydrogens is 301 g/mol. The monoisotopic (exact) mass is 323 g/mol. The first-order valence-electron chi connectivity index (χ1n) is 8.20. The van der Waals surface area contributed by atoms with Gasteiger partial charge in [-0.15, -0.1) is 0 Å². The van der Waals surface area contributed by atoms with Crippen LogP contribution in [0.4, 0.5) is 0 Å². The van der Waals surface area contributed by atoms with E-state index < -0.39 is 0 Å². The molecule has 2 N–H and O–H groups in total. The van der Waals surface area contributed by atoms with Crippen molar-refractivity contribution in [1.29, 1.82) is 0 Å². The van der Waals surface area contributed by atoms with Crippen molar-refractivity contribution in [2.45, 2.75) is 19.0 Å². The third-order valence-electron chi connectivity index (χ3n) is 4.02. The molecule has 4 heteroatoms. The van der Waals surface area contributed by atoms with Crippen molar-refractivity contribution < 1.29 is 18.9 Å². The fourth-order valence-corrected chi connectivity index (χ4v) is 2.65. The number of hydrogen-bond acceptors (Lipinski definition) is 2. The second kappa shape index (κ2) is 10.2. The van der Waals surface area contributed by atoms with E-state index in [-0.39, 0.29) is 30.9 Å². The van der Waals surface area contributed by atoms with Crippen LogP contribution in [0, 0.1) is 0 Å². The first kappa shape index (κ1) is 19.5. The Hall–Kier alpha value is -1.86. The number of hydrogen-bond donors (Lipinski definition) is 2. The normalized spacial score (nSPS) is 11.8. The molecule has 0 aliphatic heterocycles. The molecule has 3 rings (SSSR count). The van der Waals surface area contributed by atoms with Crippen molar-refractivity contribution in [3.8, 4) is 0 Å². The zero-order chi connectivity index (χ0) is 16.6. The van der Waals surface area contributed by atoms with Gasteiger partial charge in [0.2, 0.25) is 0 Å². The fraction of sp³-hybridized carbons (Fsp3) is 0.143. The van der Waals surface area contributed by atoms with E-state index in [1.807, 2.05) is 54.6 Å². The van der Waals surface area contributed by atoms with Crippen LogP contribution in [-0.2, 0) is 0 Å². The summed E-state index contributed by atoms with van der Waals surface area (Å²) in [4.78, 5) is 0. The molecule has 0 aromatic heterocycles. The molecule has 0 fully saturated rings. The van der Waals surface area contributed by atoms with Crippen LogP contribution in [0.3, 0.4) is 0 Å². The van der Waals surface area contributed by atoms with Crippen LogP contribution in [0.5, 0.6) is 0 Å². The molecule has 3 aromatic rings. The van der Waals surface area contributed by atoms with Crippen molar-refractivity contribution in [1.82, 2.24) is 10.9 Å². The molecule has 0 unspecified atom stereocenters. The predicted octanol–water partition coefficient (Wildman–Crippen LogP) is 1.92. The number of benzene rings is 3. The molecule has 0 radical (unpaired) electrons. The summed E-state index contributed by atoms with van der Waals surface area (Å²) in [6.45, 7) is 2.10. The Morgan fingerprint density at radius 1 is 0.600 bits per heavy atom. The molecule has 0 spiro atoms. The van der Waals surface area contributed by atoms with Crippen LogP contribution in [0.1, 0.15) is 35.7 Å². The van der Waals surface area contributed by atoms with E-state index in [1.165, 1.54) is 16.7 Å². The van der Waals surface area contributed by atoms with Gasteiger partial charge in [0.1, 0.15) is 0 Å². The first-order chi connectivity index (χ1) is 11.8. The summed E-state index contributed by atoms with van der Waals surface area (Å²) in [5, 5.41) is 0. The van der Waals surface area contributed by atoms with Gasteiger partial charge >= 0.3 is 18.9 Å². The second-order valence-corrected chi connectivity index (χ2v) is 5.76. The van der Waals surface area contributed by atoms with Gasteiger partial charge in [0.05, 0.1) is 0 Å². The number of nitrogens with zero attached hydrogens (tertiary/aromatic N) is 1. The van der Waals surface area contributed by atoms with Crippen molar-refractivity contribution in [3.63, 3.8) is 0 Å². The maximum absolute atomic E-state index is 4.40. The molecule has 0 aliphatic rings. The summed E-state index contributed by atoms with van der Waals surface area (Å²) < 4.78 is 0. The summed E-state index contributed by atoms with van der Waals surface area (Å²) >= 11 is 0. The number of nitrogens with one attached hydrogen (secondary N) is 2. The van der Waals surface area contributed by atoms with Crippen LogP contribution in [0.2, 0.25) is 0 Å². The minimum Gasteiger partial charge on any atom is -0.531 e. The van der Waals surface area contributed by atoms with E-state index in [4.69, 9.17) is 0 Å². The van der Waals surface area contributed by atoms with Gasteiger partial charge in [-0.2, -0.15) is 0 Å². The van der Waals surface area contributed by atoms with Gasteiger partial charge in [0.15, 0.2) is 0 Å². The Kier molecular flexibility index (Phi) is 7.94. The van der Waals surface area contributed by atoms with Gasteiger partial charge in [0, 0.05) is 12.1 Å². The summed E-state index contributed by atoms with van der Waals surface area (Å²) in [7, 11) is 0. The minimum atomic E-state index is 0. The molecule has 0 saturated carbocycles. The van der Waals surface area contributed by atoms with E-state index in [0.717, 1.165) is 0 Å². The molecule has 0 aliphatic carbocycles. The van der Waals surface area contributed by atoms with Crippen molar-refractivity contribution in [3.05, 3.63) is 113 Å². The van der Waals surface area contributed by atoms with Gasteiger partial charge < -0.3 is 16.4 Å². The average Bonchev–Trinajstić information content (AvgIpc) is 2.67. The third kappa shape index (κ3) is 5.57. The Labute approximate surface area is 162 Å². The number of rotatable bonds is 7. The molecule has 3 aromatic carbocycles. The van der Waals surface area contributed by atoms with Gasteiger partial charge in [-0.1, -0.05) is 91.0 Å². The maximum atomic E-state index is 4.40. The van der Waals surface area contributed by atoms with Crippen molar-refractivity contribution >= 4 is 0 Å². The quantitative estimate of drug-likeness (QED) is 0.515. The van der Waals surface area contributed by atoms with E-state index in [9.17, 15) is 0 Å². The molecular formula is C21H22LiN3. The van der Waals surface area contributed by atoms with Crippen LogP contribution in [0.15, 0.2) is 91.0 Å². The standard InChI is InChI=1S/C21H22N3.Li/c1-17(18-11-5-2-6-12-18)22-24-23-21(19-13-7-3-8-14-19)20-15-9-4-10-16-20;/h2-17,21-23H,1H3;/q-1;+1/t17-;/m0./s1. The summed E-state index contributed by atoms with van der Waals surface area (Å²) in [6, 6.07) is 31.1. The molecule has 0 heterocycles. The van der Waals surface area contributed by atoms with Crippen LogP contribution >= 0.6 is 0 Å². The Balaban J connectivity index is 0.00000225. The molecule has 0 bridgehead atoms. The van der Waals surface area contributed by atoms with Gasteiger partial charge in [-0.3, -0.25) is 0 Å². The summed E-state index contributed by atoms with van der Waals surface area (Å²) in [6.07, 6.45) is 0. The smallest absolute Gasteiger partial charge is 0.531 e. The van der Waals surface area contributed by atoms with E-state index >= 15 is 0 Å². The predicted molar refractivity (Wildman–Crippen MR) is 99.2 cm³/mol. The molecule has 122 valence electrons. The first-order valence-corrected chi connectivity index (χ1v) is 8.20. The van der Waals surface area contributed by atoms with E-state index in [2.05, 4.69) is 59.7 Å². The summed E-state index contributed by atoms with van der Waals surface area (Å²) in [5.41, 5.74) is 14.4. The Morgan fingerprint density at radius 3 is 1.44 bits per heavy atom.